The van der Waals surface area contributed by atoms with Crippen LogP contribution in [0.15, 0.2) is 36.0 Å². The van der Waals surface area contributed by atoms with Gasteiger partial charge in [0.25, 0.3) is 0 Å². The summed E-state index contributed by atoms with van der Waals surface area (Å²) in [4.78, 5) is 0. The lowest BCUT2D eigenvalue weighted by molar-refractivity contribution is 0.687. The Hall–Kier alpha value is -1.48. The average molecular weight is 175 g/mol. The van der Waals surface area contributed by atoms with Crippen LogP contribution in [0.1, 0.15) is 5.56 Å². The number of nitrogens with two attached hydrogens (primary N) is 1. The zero-order chi connectivity index (χ0) is 9.10. The van der Waals surface area contributed by atoms with E-state index in [9.17, 15) is 0 Å². The summed E-state index contributed by atoms with van der Waals surface area (Å²) in [6.45, 7) is 0.891. The molecule has 4 N–H and O–H groups in total. The summed E-state index contributed by atoms with van der Waals surface area (Å²) >= 11 is 0. The molecule has 1 aromatic carbocycles. The van der Waals surface area contributed by atoms with Crippen LogP contribution in [-0.2, 0) is 6.42 Å². The van der Waals surface area contributed by atoms with Crippen molar-refractivity contribution in [1.29, 1.82) is 0 Å². The molecule has 13 heavy (non-hydrogen) atoms. The number of nitrogen functional groups attached to an aromatic ring is 1. The maximum Gasteiger partial charge on any atom is 0.0350 e. The summed E-state index contributed by atoms with van der Waals surface area (Å²) in [5.41, 5.74) is 15.2. The number of nitrogens with one attached hydrogen (secondary N) is 2. The van der Waals surface area contributed by atoms with Crippen LogP contribution in [0.3, 0.4) is 0 Å². The first kappa shape index (κ1) is 8.13. The minimum absolute atomic E-state index is 0.858. The number of anilines is 1. The molecule has 3 heteroatoms. The van der Waals surface area contributed by atoms with Gasteiger partial charge < -0.3 is 11.2 Å². The second-order valence-corrected chi connectivity index (χ2v) is 3.11. The van der Waals surface area contributed by atoms with E-state index < -0.39 is 0 Å². The minimum Gasteiger partial charge on any atom is -0.398 e. The fourth-order valence-corrected chi connectivity index (χ4v) is 1.41. The van der Waals surface area contributed by atoms with Crippen molar-refractivity contribution in [1.82, 2.24) is 10.9 Å². The predicted molar refractivity (Wildman–Crippen MR) is 53.8 cm³/mol. The van der Waals surface area contributed by atoms with E-state index in [-0.39, 0.29) is 0 Å². The van der Waals surface area contributed by atoms with Crippen molar-refractivity contribution in [3.05, 3.63) is 41.6 Å². The van der Waals surface area contributed by atoms with Gasteiger partial charge in [0.1, 0.15) is 0 Å². The molecule has 0 saturated carbocycles. The van der Waals surface area contributed by atoms with Crippen molar-refractivity contribution in [2.75, 3.05) is 12.3 Å². The maximum atomic E-state index is 5.82. The fourth-order valence-electron chi connectivity index (χ4n) is 1.41. The van der Waals surface area contributed by atoms with Gasteiger partial charge in [-0.05, 0) is 17.7 Å². The number of benzene rings is 1. The quantitative estimate of drug-likeness (QED) is 0.583. The average Bonchev–Trinajstić information content (AvgIpc) is 2.61. The van der Waals surface area contributed by atoms with Gasteiger partial charge in [0.15, 0.2) is 0 Å². The van der Waals surface area contributed by atoms with Gasteiger partial charge in [-0.1, -0.05) is 18.2 Å². The molecule has 0 aliphatic carbocycles. The SMILES string of the molecule is Nc1ccccc1CC1=CCNN1. The van der Waals surface area contributed by atoms with E-state index in [0.717, 1.165) is 18.7 Å². The van der Waals surface area contributed by atoms with Gasteiger partial charge in [0.05, 0.1) is 0 Å². The highest BCUT2D eigenvalue weighted by Gasteiger charge is 2.05. The highest BCUT2D eigenvalue weighted by Crippen LogP contribution is 2.14. The van der Waals surface area contributed by atoms with Crippen molar-refractivity contribution < 1.29 is 0 Å². The zero-order valence-electron chi connectivity index (χ0n) is 7.38. The Labute approximate surface area is 77.6 Å². The largest absolute Gasteiger partial charge is 0.398 e. The molecule has 2 rings (SSSR count). The van der Waals surface area contributed by atoms with Gasteiger partial charge in [0, 0.05) is 24.4 Å². The molecule has 0 radical (unpaired) electrons. The smallest absolute Gasteiger partial charge is 0.0350 e. The van der Waals surface area contributed by atoms with Crippen LogP contribution in [0.4, 0.5) is 5.69 Å². The number of hydrogen-bond donors (Lipinski definition) is 3. The van der Waals surface area contributed by atoms with Gasteiger partial charge in [-0.15, -0.1) is 0 Å². The lowest BCUT2D eigenvalue weighted by atomic mass is 10.1. The Balaban J connectivity index is 2.13. The molecular formula is C10H13N3. The number of hydrazine groups is 1. The molecule has 0 fully saturated rings. The van der Waals surface area contributed by atoms with Gasteiger partial charge in [0.2, 0.25) is 0 Å². The minimum atomic E-state index is 0.858. The summed E-state index contributed by atoms with van der Waals surface area (Å²) in [5.74, 6) is 0. The maximum absolute atomic E-state index is 5.82. The van der Waals surface area contributed by atoms with E-state index in [2.05, 4.69) is 23.0 Å². The van der Waals surface area contributed by atoms with Gasteiger partial charge in [-0.25, -0.2) is 5.43 Å². The molecule has 68 valence electrons. The molecule has 0 bridgehead atoms. The molecule has 0 amide bonds. The monoisotopic (exact) mass is 175 g/mol. The molecule has 0 unspecified atom stereocenters. The normalized spacial score (nSPS) is 15.2. The molecule has 1 heterocycles. The third kappa shape index (κ3) is 1.81. The molecule has 0 atom stereocenters. The summed E-state index contributed by atoms with van der Waals surface area (Å²) in [5, 5.41) is 0. The third-order valence-electron chi connectivity index (χ3n) is 2.14. The topological polar surface area (TPSA) is 50.1 Å². The van der Waals surface area contributed by atoms with E-state index in [1.807, 2.05) is 18.2 Å². The second-order valence-electron chi connectivity index (χ2n) is 3.11. The van der Waals surface area contributed by atoms with E-state index >= 15 is 0 Å². The first-order valence-electron chi connectivity index (χ1n) is 4.37. The van der Waals surface area contributed by atoms with Crippen molar-refractivity contribution in [2.24, 2.45) is 0 Å². The Morgan fingerprint density at radius 1 is 1.31 bits per heavy atom. The Bertz CT molecular complexity index is 331. The predicted octanol–water partition coefficient (Wildman–Crippen LogP) is 0.803. The molecule has 1 aromatic rings. The first-order valence-corrected chi connectivity index (χ1v) is 4.37. The Morgan fingerprint density at radius 2 is 2.15 bits per heavy atom. The lowest BCUT2D eigenvalue weighted by Gasteiger charge is -2.06. The Kier molecular flexibility index (Phi) is 2.19. The van der Waals surface area contributed by atoms with Crippen LogP contribution in [0, 0.1) is 0 Å². The van der Waals surface area contributed by atoms with Crippen LogP contribution in [0.2, 0.25) is 0 Å². The van der Waals surface area contributed by atoms with Gasteiger partial charge >= 0.3 is 0 Å². The Morgan fingerprint density at radius 3 is 2.85 bits per heavy atom. The van der Waals surface area contributed by atoms with Crippen LogP contribution >= 0.6 is 0 Å². The number of allylic oxidation sites excluding steroid dienone is 1. The summed E-state index contributed by atoms with van der Waals surface area (Å²) < 4.78 is 0. The standard InChI is InChI=1S/C10H13N3/c11-10-4-2-1-3-8(10)7-9-5-6-12-13-9/h1-5,12-13H,6-7,11H2. The van der Waals surface area contributed by atoms with Crippen LogP contribution in [0.25, 0.3) is 0 Å². The molecule has 3 nitrogen and oxygen atoms in total. The molecule has 1 aliphatic heterocycles. The van der Waals surface area contributed by atoms with Gasteiger partial charge in [-0.3, -0.25) is 0 Å². The highest BCUT2D eigenvalue weighted by atomic mass is 15.4. The van der Waals surface area contributed by atoms with Crippen LogP contribution < -0.4 is 16.6 Å². The van der Waals surface area contributed by atoms with Crippen LogP contribution in [0.5, 0.6) is 0 Å². The van der Waals surface area contributed by atoms with E-state index in [1.54, 1.807) is 0 Å². The molecule has 1 aliphatic rings. The second kappa shape index (κ2) is 3.49. The first-order chi connectivity index (χ1) is 6.36. The number of para-hydroxylation sites is 1. The molecule has 0 spiro atoms. The third-order valence-corrected chi connectivity index (χ3v) is 2.14. The van der Waals surface area contributed by atoms with E-state index in [4.69, 9.17) is 5.73 Å². The molecule has 0 aromatic heterocycles. The highest BCUT2D eigenvalue weighted by molar-refractivity contribution is 5.48. The lowest BCUT2D eigenvalue weighted by Crippen LogP contribution is -2.24. The summed E-state index contributed by atoms with van der Waals surface area (Å²) in [6.07, 6.45) is 3.01. The van der Waals surface area contributed by atoms with Gasteiger partial charge in [-0.2, -0.15) is 0 Å². The van der Waals surface area contributed by atoms with E-state index in [1.165, 1.54) is 11.3 Å². The molecule has 0 saturated heterocycles. The summed E-state index contributed by atoms with van der Waals surface area (Å²) in [7, 11) is 0. The number of hydrogen-bond acceptors (Lipinski definition) is 3. The summed E-state index contributed by atoms with van der Waals surface area (Å²) in [6, 6.07) is 7.94. The number of rotatable bonds is 2. The van der Waals surface area contributed by atoms with Crippen molar-refractivity contribution in [3.63, 3.8) is 0 Å². The van der Waals surface area contributed by atoms with Crippen LogP contribution in [-0.4, -0.2) is 6.54 Å². The van der Waals surface area contributed by atoms with Crippen molar-refractivity contribution in [2.45, 2.75) is 6.42 Å². The zero-order valence-corrected chi connectivity index (χ0v) is 7.38. The van der Waals surface area contributed by atoms with Crippen molar-refractivity contribution in [3.8, 4) is 0 Å². The van der Waals surface area contributed by atoms with E-state index in [0.29, 0.717) is 0 Å². The fraction of sp³-hybridized carbons (Fsp3) is 0.200. The van der Waals surface area contributed by atoms with Crippen molar-refractivity contribution >= 4 is 5.69 Å². The molecular weight excluding hydrogens is 162 g/mol.